The molecule has 20 heavy (non-hydrogen) atoms. The van der Waals surface area contributed by atoms with Crippen LogP contribution in [-0.2, 0) is 5.60 Å². The third-order valence-electron chi connectivity index (χ3n) is 3.14. The lowest BCUT2D eigenvalue weighted by atomic mass is 9.88. The molecule has 1 heterocycles. The summed E-state index contributed by atoms with van der Waals surface area (Å²) in [6, 6.07) is 8.51. The average Bonchev–Trinajstić information content (AvgIpc) is 2.45. The Morgan fingerprint density at radius 2 is 2.05 bits per heavy atom. The third-order valence-corrected chi connectivity index (χ3v) is 3.14. The summed E-state index contributed by atoms with van der Waals surface area (Å²) in [7, 11) is 0. The number of aromatic nitrogens is 1. The van der Waals surface area contributed by atoms with Crippen LogP contribution in [0.2, 0.25) is 0 Å². The van der Waals surface area contributed by atoms with E-state index in [1.807, 2.05) is 19.1 Å². The van der Waals surface area contributed by atoms with E-state index in [4.69, 9.17) is 4.74 Å². The fourth-order valence-electron chi connectivity index (χ4n) is 2.04. The Kier molecular flexibility index (Phi) is 4.35. The first-order chi connectivity index (χ1) is 9.55. The topological polar surface area (TPSA) is 42.4 Å². The number of halogens is 1. The predicted octanol–water partition coefficient (Wildman–Crippen LogP) is 3.27. The van der Waals surface area contributed by atoms with Gasteiger partial charge in [0.1, 0.15) is 17.2 Å². The van der Waals surface area contributed by atoms with Crippen molar-refractivity contribution in [1.82, 2.24) is 4.98 Å². The SMILES string of the molecule is CCCOc1ccccc1C(C)(O)c1cncc(F)c1. The minimum Gasteiger partial charge on any atom is -0.493 e. The van der Waals surface area contributed by atoms with E-state index in [0.717, 1.165) is 12.6 Å². The summed E-state index contributed by atoms with van der Waals surface area (Å²) in [5.74, 6) is 0.123. The van der Waals surface area contributed by atoms with Crippen molar-refractivity contribution in [3.63, 3.8) is 0 Å². The van der Waals surface area contributed by atoms with E-state index in [2.05, 4.69) is 4.98 Å². The molecule has 1 N–H and O–H groups in total. The van der Waals surface area contributed by atoms with Crippen LogP contribution in [0.25, 0.3) is 0 Å². The molecule has 4 heteroatoms. The molecule has 0 radical (unpaired) electrons. The standard InChI is InChI=1S/C16H18FNO2/c1-3-8-20-15-7-5-4-6-14(15)16(2,19)12-9-13(17)11-18-10-12/h4-7,9-11,19H,3,8H2,1-2H3. The zero-order valence-electron chi connectivity index (χ0n) is 11.6. The van der Waals surface area contributed by atoms with Crippen molar-refractivity contribution in [3.05, 3.63) is 59.7 Å². The van der Waals surface area contributed by atoms with Crippen LogP contribution < -0.4 is 4.74 Å². The van der Waals surface area contributed by atoms with Gasteiger partial charge in [0.25, 0.3) is 0 Å². The molecule has 1 unspecified atom stereocenters. The molecule has 2 aromatic rings. The molecule has 0 bridgehead atoms. The van der Waals surface area contributed by atoms with Crippen LogP contribution in [0.1, 0.15) is 31.4 Å². The molecular formula is C16H18FNO2. The van der Waals surface area contributed by atoms with Crippen LogP contribution in [0.3, 0.4) is 0 Å². The number of aliphatic hydroxyl groups is 1. The van der Waals surface area contributed by atoms with Gasteiger partial charge in [-0.3, -0.25) is 4.98 Å². The van der Waals surface area contributed by atoms with E-state index >= 15 is 0 Å². The van der Waals surface area contributed by atoms with Gasteiger partial charge in [0.05, 0.1) is 12.8 Å². The van der Waals surface area contributed by atoms with E-state index in [1.165, 1.54) is 12.3 Å². The zero-order chi connectivity index (χ0) is 14.6. The first-order valence-corrected chi connectivity index (χ1v) is 6.61. The molecule has 0 amide bonds. The molecule has 0 saturated carbocycles. The minimum absolute atomic E-state index is 0.394. The minimum atomic E-state index is -1.36. The Labute approximate surface area is 118 Å². The molecule has 0 saturated heterocycles. The van der Waals surface area contributed by atoms with E-state index < -0.39 is 11.4 Å². The van der Waals surface area contributed by atoms with Crippen LogP contribution in [0.4, 0.5) is 4.39 Å². The number of hydrogen-bond acceptors (Lipinski definition) is 3. The van der Waals surface area contributed by atoms with Crippen LogP contribution >= 0.6 is 0 Å². The highest BCUT2D eigenvalue weighted by atomic mass is 19.1. The fraction of sp³-hybridized carbons (Fsp3) is 0.312. The first kappa shape index (κ1) is 14.5. The highest BCUT2D eigenvalue weighted by Crippen LogP contribution is 2.35. The van der Waals surface area contributed by atoms with E-state index in [0.29, 0.717) is 23.5 Å². The van der Waals surface area contributed by atoms with Crippen molar-refractivity contribution in [1.29, 1.82) is 0 Å². The number of hydrogen-bond donors (Lipinski definition) is 1. The third kappa shape index (κ3) is 2.96. The second kappa shape index (κ2) is 6.01. The normalized spacial score (nSPS) is 13.8. The lowest BCUT2D eigenvalue weighted by Crippen LogP contribution is -2.24. The summed E-state index contributed by atoms with van der Waals surface area (Å²) >= 11 is 0. The number of rotatable bonds is 5. The Balaban J connectivity index is 2.43. The molecule has 0 spiro atoms. The number of pyridine rings is 1. The van der Waals surface area contributed by atoms with Crippen molar-refractivity contribution in [2.75, 3.05) is 6.61 Å². The number of nitrogens with zero attached hydrogens (tertiary/aromatic N) is 1. The highest BCUT2D eigenvalue weighted by Gasteiger charge is 2.29. The maximum absolute atomic E-state index is 13.3. The van der Waals surface area contributed by atoms with Crippen molar-refractivity contribution in [3.8, 4) is 5.75 Å². The largest absolute Gasteiger partial charge is 0.493 e. The first-order valence-electron chi connectivity index (χ1n) is 6.61. The van der Waals surface area contributed by atoms with Crippen molar-refractivity contribution >= 4 is 0 Å². The molecular weight excluding hydrogens is 257 g/mol. The lowest BCUT2D eigenvalue weighted by Gasteiger charge is -2.26. The van der Waals surface area contributed by atoms with E-state index in [-0.39, 0.29) is 0 Å². The Morgan fingerprint density at radius 1 is 1.30 bits per heavy atom. The molecule has 1 atom stereocenters. The van der Waals surface area contributed by atoms with Gasteiger partial charge in [-0.15, -0.1) is 0 Å². The molecule has 0 aliphatic rings. The van der Waals surface area contributed by atoms with Gasteiger partial charge in [0.2, 0.25) is 0 Å². The van der Waals surface area contributed by atoms with Gasteiger partial charge in [-0.05, 0) is 25.5 Å². The number of para-hydroxylation sites is 1. The molecule has 1 aromatic heterocycles. The summed E-state index contributed by atoms with van der Waals surface area (Å²) in [4.78, 5) is 3.79. The van der Waals surface area contributed by atoms with Crippen LogP contribution in [-0.4, -0.2) is 16.7 Å². The molecule has 3 nitrogen and oxygen atoms in total. The van der Waals surface area contributed by atoms with Gasteiger partial charge < -0.3 is 9.84 Å². The van der Waals surface area contributed by atoms with Crippen molar-refractivity contribution < 1.29 is 14.2 Å². The second-order valence-electron chi connectivity index (χ2n) is 4.81. The monoisotopic (exact) mass is 275 g/mol. The quantitative estimate of drug-likeness (QED) is 0.910. The molecule has 106 valence electrons. The van der Waals surface area contributed by atoms with Crippen molar-refractivity contribution in [2.45, 2.75) is 25.9 Å². The van der Waals surface area contributed by atoms with Gasteiger partial charge in [-0.2, -0.15) is 0 Å². The average molecular weight is 275 g/mol. The van der Waals surface area contributed by atoms with E-state index in [9.17, 15) is 9.50 Å². The second-order valence-corrected chi connectivity index (χ2v) is 4.81. The van der Waals surface area contributed by atoms with Gasteiger partial charge in [0, 0.05) is 17.3 Å². The molecule has 0 fully saturated rings. The van der Waals surface area contributed by atoms with Gasteiger partial charge in [-0.1, -0.05) is 25.1 Å². The van der Waals surface area contributed by atoms with Crippen LogP contribution in [0, 0.1) is 5.82 Å². The van der Waals surface area contributed by atoms with Gasteiger partial charge >= 0.3 is 0 Å². The summed E-state index contributed by atoms with van der Waals surface area (Å²) < 4.78 is 19.0. The van der Waals surface area contributed by atoms with Crippen LogP contribution in [0.15, 0.2) is 42.7 Å². The zero-order valence-corrected chi connectivity index (χ0v) is 11.6. The van der Waals surface area contributed by atoms with Gasteiger partial charge in [0.15, 0.2) is 0 Å². The van der Waals surface area contributed by atoms with Crippen LogP contribution in [0.5, 0.6) is 5.75 Å². The summed E-state index contributed by atoms with van der Waals surface area (Å²) in [6.45, 7) is 4.18. The summed E-state index contributed by atoms with van der Waals surface area (Å²) in [6.07, 6.45) is 3.44. The molecule has 0 aliphatic heterocycles. The highest BCUT2D eigenvalue weighted by molar-refractivity contribution is 5.43. The smallest absolute Gasteiger partial charge is 0.141 e. The molecule has 2 rings (SSSR count). The Bertz CT molecular complexity index is 584. The fourth-order valence-corrected chi connectivity index (χ4v) is 2.04. The summed E-state index contributed by atoms with van der Waals surface area (Å²) in [5.41, 5.74) is -0.370. The lowest BCUT2D eigenvalue weighted by molar-refractivity contribution is 0.0970. The predicted molar refractivity (Wildman–Crippen MR) is 75.1 cm³/mol. The number of benzene rings is 1. The molecule has 0 aliphatic carbocycles. The van der Waals surface area contributed by atoms with Crippen molar-refractivity contribution in [2.24, 2.45) is 0 Å². The maximum Gasteiger partial charge on any atom is 0.141 e. The summed E-state index contributed by atoms with van der Waals surface area (Å²) in [5, 5.41) is 10.8. The molecule has 1 aromatic carbocycles. The Hall–Kier alpha value is -1.94. The van der Waals surface area contributed by atoms with Gasteiger partial charge in [-0.25, -0.2) is 4.39 Å². The Morgan fingerprint density at radius 3 is 2.75 bits per heavy atom. The number of ether oxygens (including phenoxy) is 1. The van der Waals surface area contributed by atoms with E-state index in [1.54, 1.807) is 19.1 Å². The maximum atomic E-state index is 13.3.